The molecule has 2 spiro atoms. The Labute approximate surface area is 399 Å². The first-order chi connectivity index (χ1) is 33.6. The van der Waals surface area contributed by atoms with Crippen molar-refractivity contribution in [1.29, 1.82) is 0 Å². The van der Waals surface area contributed by atoms with E-state index < -0.39 is 11.1 Å². The molecule has 5 heteroatoms. The van der Waals surface area contributed by atoms with Crippen LogP contribution in [0.5, 0.6) is 0 Å². The highest BCUT2D eigenvalue weighted by Crippen LogP contribution is 2.78. The molecular formula is C63H42N4S. The molecule has 9 aromatic carbocycles. The summed E-state index contributed by atoms with van der Waals surface area (Å²) in [5.41, 5.74) is 15.3. The van der Waals surface area contributed by atoms with Gasteiger partial charge in [-0.2, -0.15) is 0 Å². The van der Waals surface area contributed by atoms with Crippen molar-refractivity contribution < 1.29 is 0 Å². The number of para-hydroxylation sites is 1. The monoisotopic (exact) mass is 886 g/mol. The number of rotatable bonds is 7. The molecule has 0 radical (unpaired) electrons. The van der Waals surface area contributed by atoms with Gasteiger partial charge in [-0.05, 0) is 117 Å². The highest BCUT2D eigenvalue weighted by Gasteiger charge is 2.82. The first-order valence-corrected chi connectivity index (χ1v) is 24.2. The predicted octanol–water partition coefficient (Wildman–Crippen LogP) is 15.1. The Balaban J connectivity index is 0.933. The lowest BCUT2D eigenvalue weighted by atomic mass is 9.87. The first kappa shape index (κ1) is 39.0. The van der Waals surface area contributed by atoms with E-state index in [1.165, 1.54) is 81.7 Å². The SMILES string of the molecule is C1=CC2C3(N=C(c4ccccc4)NC(c4ccccc4)=N3)C23C(=C1)Sc1ccc(-c2ccc4c(c2)c2cc(-c5cc(-c6ccccc6)cc(-c6ccccc6)c5)ccc2n4-c2ccccc2)cc13. The lowest BCUT2D eigenvalue weighted by molar-refractivity contribution is 0.611. The molecule has 1 N–H and O–H groups in total. The van der Waals surface area contributed by atoms with Crippen LogP contribution in [0.4, 0.5) is 0 Å². The van der Waals surface area contributed by atoms with Crippen LogP contribution in [0.1, 0.15) is 16.7 Å². The highest BCUT2D eigenvalue weighted by molar-refractivity contribution is 8.03. The summed E-state index contributed by atoms with van der Waals surface area (Å²) in [5.74, 6) is 1.78. The Morgan fingerprint density at radius 2 is 0.882 bits per heavy atom. The zero-order valence-electron chi connectivity index (χ0n) is 36.9. The van der Waals surface area contributed by atoms with Gasteiger partial charge in [-0.3, -0.25) is 0 Å². The number of thioether (sulfide) groups is 1. The van der Waals surface area contributed by atoms with Crippen molar-refractivity contribution >= 4 is 45.2 Å². The van der Waals surface area contributed by atoms with Crippen LogP contribution in [0.25, 0.3) is 72.0 Å². The number of hydrogen-bond acceptors (Lipinski definition) is 4. The van der Waals surface area contributed by atoms with Crippen LogP contribution in [0.15, 0.2) is 262 Å². The number of nitrogens with zero attached hydrogens (tertiary/aromatic N) is 3. The van der Waals surface area contributed by atoms with Gasteiger partial charge in [0.05, 0.1) is 16.4 Å². The molecule has 1 fully saturated rings. The minimum atomic E-state index is -0.730. The summed E-state index contributed by atoms with van der Waals surface area (Å²) in [7, 11) is 0. The summed E-state index contributed by atoms with van der Waals surface area (Å²) in [6, 6.07) is 81.3. The van der Waals surface area contributed by atoms with Gasteiger partial charge in [0.25, 0.3) is 0 Å². The third kappa shape index (κ3) is 5.89. The second kappa shape index (κ2) is 15.1. The van der Waals surface area contributed by atoms with Gasteiger partial charge in [-0.1, -0.05) is 188 Å². The van der Waals surface area contributed by atoms with Gasteiger partial charge >= 0.3 is 0 Å². The van der Waals surface area contributed by atoms with Gasteiger partial charge in [0, 0.05) is 43.3 Å². The summed E-state index contributed by atoms with van der Waals surface area (Å²) >= 11 is 1.88. The Morgan fingerprint density at radius 3 is 1.43 bits per heavy atom. The number of amidine groups is 2. The van der Waals surface area contributed by atoms with Crippen molar-refractivity contribution in [3.8, 4) is 50.2 Å². The molecule has 0 saturated heterocycles. The quantitative estimate of drug-likeness (QED) is 0.173. The number of hydrogen-bond donors (Lipinski definition) is 1. The van der Waals surface area contributed by atoms with Gasteiger partial charge in [0.15, 0.2) is 5.66 Å². The molecule has 4 aliphatic rings. The molecule has 2 atom stereocenters. The van der Waals surface area contributed by atoms with Crippen molar-refractivity contribution in [3.63, 3.8) is 0 Å². The molecule has 1 saturated carbocycles. The maximum atomic E-state index is 5.65. The lowest BCUT2D eigenvalue weighted by Gasteiger charge is -2.26. The number of fused-ring (bicyclic) bond motifs is 5. The fourth-order valence-electron chi connectivity index (χ4n) is 11.2. The minimum absolute atomic E-state index is 0.0751. The predicted molar refractivity (Wildman–Crippen MR) is 283 cm³/mol. The summed E-state index contributed by atoms with van der Waals surface area (Å²) < 4.78 is 2.41. The number of benzene rings is 9. The van der Waals surface area contributed by atoms with Crippen molar-refractivity contribution in [2.45, 2.75) is 16.0 Å². The Kier molecular flexibility index (Phi) is 8.68. The lowest BCUT2D eigenvalue weighted by Crippen LogP contribution is -2.40. The normalized spacial score (nSPS) is 18.3. The molecule has 2 aliphatic carbocycles. The second-order valence-corrected chi connectivity index (χ2v) is 19.3. The summed E-state index contributed by atoms with van der Waals surface area (Å²) in [5, 5.41) is 6.09. The number of aliphatic imine (C=N–C) groups is 2. The van der Waals surface area contributed by atoms with Crippen LogP contribution in [-0.4, -0.2) is 21.9 Å². The topological polar surface area (TPSA) is 41.7 Å². The molecule has 2 aliphatic heterocycles. The van der Waals surface area contributed by atoms with Crippen LogP contribution in [0.3, 0.4) is 0 Å². The van der Waals surface area contributed by atoms with Crippen molar-refractivity contribution in [1.82, 2.24) is 9.88 Å². The highest BCUT2D eigenvalue weighted by atomic mass is 32.2. The average molecular weight is 887 g/mol. The van der Waals surface area contributed by atoms with E-state index in [1.54, 1.807) is 0 Å². The van der Waals surface area contributed by atoms with E-state index in [-0.39, 0.29) is 5.92 Å². The molecular weight excluding hydrogens is 845 g/mol. The van der Waals surface area contributed by atoms with Crippen LogP contribution in [0, 0.1) is 5.92 Å². The number of nitrogens with one attached hydrogen (secondary N) is 1. The van der Waals surface area contributed by atoms with Gasteiger partial charge < -0.3 is 9.88 Å². The minimum Gasteiger partial charge on any atom is -0.324 e. The molecule has 3 heterocycles. The third-order valence-corrected chi connectivity index (χ3v) is 15.7. The standard InChI is InChI=1S/C63H42N4S/c1-6-17-41(18-7-1)48-35-49(42-19-8-2-9-20-42)37-50(36-48)46-30-33-56-53(39-46)52-38-45(29-32-55(52)67(56)51-25-14-5-15-26-51)47-31-34-57-54(40-47)62-58(27-16-28-59(62)68-57)63(62)65-60(43-21-10-3-11-22-43)64-61(66-63)44-23-12-4-13-24-44/h1-40,58H,(H,64,65,66). The summed E-state index contributed by atoms with van der Waals surface area (Å²) in [4.78, 5) is 13.9. The maximum absolute atomic E-state index is 5.65. The number of aromatic nitrogens is 1. The molecule has 14 rings (SSSR count). The van der Waals surface area contributed by atoms with Crippen LogP contribution in [-0.2, 0) is 5.41 Å². The van der Waals surface area contributed by atoms with Crippen molar-refractivity contribution in [3.05, 3.63) is 264 Å². The fraction of sp³-hybridized carbons (Fsp3) is 0.0476. The van der Waals surface area contributed by atoms with E-state index in [4.69, 9.17) is 9.98 Å². The van der Waals surface area contributed by atoms with Crippen LogP contribution >= 0.6 is 11.8 Å². The van der Waals surface area contributed by atoms with E-state index in [1.807, 2.05) is 11.8 Å². The summed E-state index contributed by atoms with van der Waals surface area (Å²) in [6.45, 7) is 0. The Bertz CT molecular complexity index is 3660. The zero-order valence-corrected chi connectivity index (χ0v) is 37.7. The van der Waals surface area contributed by atoms with E-state index in [0.717, 1.165) is 28.5 Å². The first-order valence-electron chi connectivity index (χ1n) is 23.3. The average Bonchev–Trinajstić information content (AvgIpc) is 3.62. The molecule has 4 nitrogen and oxygen atoms in total. The van der Waals surface area contributed by atoms with Gasteiger partial charge in [-0.25, -0.2) is 9.98 Å². The van der Waals surface area contributed by atoms with Crippen molar-refractivity contribution in [2.24, 2.45) is 15.9 Å². The van der Waals surface area contributed by atoms with Gasteiger partial charge in [-0.15, -0.1) is 0 Å². The second-order valence-electron chi connectivity index (χ2n) is 18.2. The van der Waals surface area contributed by atoms with Gasteiger partial charge in [0.2, 0.25) is 0 Å². The van der Waals surface area contributed by atoms with E-state index in [9.17, 15) is 0 Å². The van der Waals surface area contributed by atoms with Crippen molar-refractivity contribution in [2.75, 3.05) is 0 Å². The zero-order chi connectivity index (χ0) is 44.8. The van der Waals surface area contributed by atoms with Gasteiger partial charge in [0.1, 0.15) is 11.7 Å². The third-order valence-electron chi connectivity index (χ3n) is 14.5. The molecule has 2 unspecified atom stereocenters. The molecule has 1 aromatic heterocycles. The molecule has 68 heavy (non-hydrogen) atoms. The largest absolute Gasteiger partial charge is 0.324 e. The van der Waals surface area contributed by atoms with E-state index >= 15 is 0 Å². The van der Waals surface area contributed by atoms with Crippen LogP contribution < -0.4 is 5.32 Å². The molecule has 0 bridgehead atoms. The fourth-order valence-corrected chi connectivity index (χ4v) is 12.6. The molecule has 10 aromatic rings. The molecule has 0 amide bonds. The number of allylic oxidation sites excluding steroid dienone is 2. The van der Waals surface area contributed by atoms with E-state index in [0.29, 0.717) is 0 Å². The van der Waals surface area contributed by atoms with E-state index in [2.05, 4.69) is 253 Å². The Hall–Kier alpha value is -8.25. The van der Waals surface area contributed by atoms with Crippen LogP contribution in [0.2, 0.25) is 0 Å². The smallest absolute Gasteiger partial charge is 0.177 e. The Morgan fingerprint density at radius 1 is 0.426 bits per heavy atom. The summed E-state index contributed by atoms with van der Waals surface area (Å²) in [6.07, 6.45) is 6.86. The molecule has 320 valence electrons. The maximum Gasteiger partial charge on any atom is 0.177 e.